The number of aliphatic hydroxyl groups excluding tert-OH is 1. The standard InChI is InChI=1S/C21H23NO/c23-13-5-10-20-18-9-4-8-17(18)19-14-16(11-12-21(19)22-20)15-6-2-1-3-7-15/h1-4,6-8,11-12,14,17-18,20,22-23H,5,9-10,13H2/t17-,18+,20+/m0/s1. The number of allylic oxidation sites excluding steroid dienone is 2. The lowest BCUT2D eigenvalue weighted by Gasteiger charge is -2.37. The third-order valence-electron chi connectivity index (χ3n) is 5.26. The molecule has 3 atom stereocenters. The first-order valence-corrected chi connectivity index (χ1v) is 8.60. The van der Waals surface area contributed by atoms with Crippen LogP contribution in [0.2, 0.25) is 0 Å². The van der Waals surface area contributed by atoms with Gasteiger partial charge in [0.05, 0.1) is 0 Å². The van der Waals surface area contributed by atoms with Crippen molar-refractivity contribution in [3.63, 3.8) is 0 Å². The molecule has 0 aromatic heterocycles. The molecular weight excluding hydrogens is 282 g/mol. The predicted molar refractivity (Wildman–Crippen MR) is 95.6 cm³/mol. The van der Waals surface area contributed by atoms with Crippen molar-refractivity contribution in [3.05, 3.63) is 66.2 Å². The number of benzene rings is 2. The van der Waals surface area contributed by atoms with Crippen LogP contribution < -0.4 is 5.32 Å². The van der Waals surface area contributed by atoms with Crippen molar-refractivity contribution in [2.45, 2.75) is 31.2 Å². The predicted octanol–water partition coefficient (Wildman–Crippen LogP) is 4.58. The Morgan fingerprint density at radius 1 is 1.04 bits per heavy atom. The molecule has 0 fully saturated rings. The summed E-state index contributed by atoms with van der Waals surface area (Å²) in [5.74, 6) is 1.14. The Hall–Kier alpha value is -2.06. The van der Waals surface area contributed by atoms with Gasteiger partial charge in [-0.25, -0.2) is 0 Å². The number of anilines is 1. The number of hydrogen-bond acceptors (Lipinski definition) is 2. The quantitative estimate of drug-likeness (QED) is 0.810. The van der Waals surface area contributed by atoms with Crippen LogP contribution >= 0.6 is 0 Å². The van der Waals surface area contributed by atoms with Gasteiger partial charge in [0.2, 0.25) is 0 Å². The Balaban J connectivity index is 1.69. The van der Waals surface area contributed by atoms with Crippen molar-refractivity contribution in [3.8, 4) is 11.1 Å². The molecule has 0 amide bonds. The van der Waals surface area contributed by atoms with Crippen LogP contribution in [0.25, 0.3) is 11.1 Å². The second-order valence-electron chi connectivity index (χ2n) is 6.64. The highest BCUT2D eigenvalue weighted by Crippen LogP contribution is 2.46. The minimum atomic E-state index is 0.281. The number of fused-ring (bicyclic) bond motifs is 3. The Morgan fingerprint density at radius 3 is 2.74 bits per heavy atom. The van der Waals surface area contributed by atoms with Crippen LogP contribution in [-0.2, 0) is 0 Å². The van der Waals surface area contributed by atoms with E-state index in [1.807, 2.05) is 0 Å². The van der Waals surface area contributed by atoms with Crippen LogP contribution in [0, 0.1) is 5.92 Å². The fourth-order valence-corrected chi connectivity index (χ4v) is 4.10. The maximum absolute atomic E-state index is 9.15. The van der Waals surface area contributed by atoms with Gasteiger partial charge in [0.1, 0.15) is 0 Å². The van der Waals surface area contributed by atoms with Crippen molar-refractivity contribution >= 4 is 5.69 Å². The van der Waals surface area contributed by atoms with E-state index in [1.165, 1.54) is 22.4 Å². The molecule has 2 N–H and O–H groups in total. The van der Waals surface area contributed by atoms with E-state index in [0.717, 1.165) is 19.3 Å². The molecule has 0 unspecified atom stereocenters. The SMILES string of the molecule is OCCC[C@H]1Nc2ccc(-c3ccccc3)cc2[C@H]2C=CC[C@H]21. The lowest BCUT2D eigenvalue weighted by Crippen LogP contribution is -2.36. The van der Waals surface area contributed by atoms with Gasteiger partial charge >= 0.3 is 0 Å². The minimum Gasteiger partial charge on any atom is -0.396 e. The van der Waals surface area contributed by atoms with Gasteiger partial charge in [-0.2, -0.15) is 0 Å². The largest absolute Gasteiger partial charge is 0.396 e. The summed E-state index contributed by atoms with van der Waals surface area (Å²) in [4.78, 5) is 0. The second kappa shape index (κ2) is 6.21. The molecule has 1 aliphatic carbocycles. The first-order chi connectivity index (χ1) is 11.4. The van der Waals surface area contributed by atoms with Crippen LogP contribution in [0.5, 0.6) is 0 Å². The van der Waals surface area contributed by atoms with Crippen molar-refractivity contribution in [1.29, 1.82) is 0 Å². The van der Waals surface area contributed by atoms with Gasteiger partial charge in [0.15, 0.2) is 0 Å². The van der Waals surface area contributed by atoms with E-state index in [9.17, 15) is 0 Å². The van der Waals surface area contributed by atoms with Crippen molar-refractivity contribution in [2.75, 3.05) is 11.9 Å². The Morgan fingerprint density at radius 2 is 1.91 bits per heavy atom. The van der Waals surface area contributed by atoms with E-state index < -0.39 is 0 Å². The monoisotopic (exact) mass is 305 g/mol. The molecule has 4 rings (SSSR count). The average molecular weight is 305 g/mol. The van der Waals surface area contributed by atoms with Gasteiger partial charge in [0, 0.05) is 24.3 Å². The highest BCUT2D eigenvalue weighted by molar-refractivity contribution is 5.70. The lowest BCUT2D eigenvalue weighted by molar-refractivity contribution is 0.270. The molecule has 0 radical (unpaired) electrons. The van der Waals surface area contributed by atoms with Gasteiger partial charge in [-0.3, -0.25) is 0 Å². The van der Waals surface area contributed by atoms with Gasteiger partial charge < -0.3 is 10.4 Å². The number of nitrogens with one attached hydrogen (secondary N) is 1. The Kier molecular flexibility index (Phi) is 3.92. The molecule has 23 heavy (non-hydrogen) atoms. The molecule has 0 saturated carbocycles. The molecule has 1 heterocycles. The molecule has 2 aromatic carbocycles. The van der Waals surface area contributed by atoms with Crippen molar-refractivity contribution < 1.29 is 5.11 Å². The van der Waals surface area contributed by atoms with Crippen LogP contribution in [0.15, 0.2) is 60.7 Å². The zero-order valence-electron chi connectivity index (χ0n) is 13.3. The highest BCUT2D eigenvalue weighted by atomic mass is 16.2. The topological polar surface area (TPSA) is 32.3 Å². The summed E-state index contributed by atoms with van der Waals surface area (Å²) in [5.41, 5.74) is 5.25. The molecule has 2 heteroatoms. The van der Waals surface area contributed by atoms with Crippen LogP contribution in [-0.4, -0.2) is 17.8 Å². The average Bonchev–Trinajstić information content (AvgIpc) is 3.10. The molecule has 0 spiro atoms. The number of aliphatic hydroxyl groups is 1. The van der Waals surface area contributed by atoms with E-state index in [4.69, 9.17) is 5.11 Å². The molecule has 2 aliphatic rings. The van der Waals surface area contributed by atoms with E-state index >= 15 is 0 Å². The van der Waals surface area contributed by atoms with Gasteiger partial charge in [-0.1, -0.05) is 48.6 Å². The van der Waals surface area contributed by atoms with E-state index in [-0.39, 0.29) is 6.61 Å². The van der Waals surface area contributed by atoms with Crippen LogP contribution in [0.1, 0.15) is 30.7 Å². The van der Waals surface area contributed by atoms with Crippen molar-refractivity contribution in [2.24, 2.45) is 5.92 Å². The number of rotatable bonds is 4. The fourth-order valence-electron chi connectivity index (χ4n) is 4.10. The van der Waals surface area contributed by atoms with E-state index in [1.54, 1.807) is 0 Å². The van der Waals surface area contributed by atoms with Crippen molar-refractivity contribution in [1.82, 2.24) is 0 Å². The molecule has 118 valence electrons. The molecule has 2 nitrogen and oxygen atoms in total. The zero-order valence-corrected chi connectivity index (χ0v) is 13.3. The summed E-state index contributed by atoms with van der Waals surface area (Å²) in [7, 11) is 0. The van der Waals surface area contributed by atoms with Crippen LogP contribution in [0.4, 0.5) is 5.69 Å². The normalized spacial score (nSPS) is 24.8. The molecule has 0 saturated heterocycles. The molecule has 1 aliphatic heterocycles. The third kappa shape index (κ3) is 2.68. The molecule has 2 aromatic rings. The van der Waals surface area contributed by atoms with E-state index in [0.29, 0.717) is 17.9 Å². The summed E-state index contributed by atoms with van der Waals surface area (Å²) in [6.45, 7) is 0.281. The van der Waals surface area contributed by atoms with E-state index in [2.05, 4.69) is 66.0 Å². The summed E-state index contributed by atoms with van der Waals surface area (Å²) in [6, 6.07) is 17.9. The summed E-state index contributed by atoms with van der Waals surface area (Å²) in [6.07, 6.45) is 7.76. The maximum atomic E-state index is 9.15. The second-order valence-corrected chi connectivity index (χ2v) is 6.64. The maximum Gasteiger partial charge on any atom is 0.0431 e. The Labute approximate surface area is 137 Å². The van der Waals surface area contributed by atoms with Gasteiger partial charge in [-0.15, -0.1) is 0 Å². The van der Waals surface area contributed by atoms with Gasteiger partial charge in [-0.05, 0) is 54.0 Å². The third-order valence-corrected chi connectivity index (χ3v) is 5.26. The highest BCUT2D eigenvalue weighted by Gasteiger charge is 2.36. The lowest BCUT2D eigenvalue weighted by atomic mass is 9.77. The van der Waals surface area contributed by atoms with Crippen LogP contribution in [0.3, 0.4) is 0 Å². The zero-order chi connectivity index (χ0) is 15.6. The first kappa shape index (κ1) is 14.5. The smallest absolute Gasteiger partial charge is 0.0431 e. The summed E-state index contributed by atoms with van der Waals surface area (Å²) in [5, 5.41) is 12.9. The summed E-state index contributed by atoms with van der Waals surface area (Å²) < 4.78 is 0. The fraction of sp³-hybridized carbons (Fsp3) is 0.333. The summed E-state index contributed by atoms with van der Waals surface area (Å²) >= 11 is 0. The Bertz CT molecular complexity index is 707. The first-order valence-electron chi connectivity index (χ1n) is 8.60. The van der Waals surface area contributed by atoms with Gasteiger partial charge in [0.25, 0.3) is 0 Å². The molecule has 0 bridgehead atoms. The minimum absolute atomic E-state index is 0.281. The number of hydrogen-bond donors (Lipinski definition) is 2. The molecular formula is C21H23NO.